The Kier molecular flexibility index (Phi) is 5.79. The molecule has 1 aromatic rings. The van der Waals surface area contributed by atoms with E-state index in [4.69, 9.17) is 0 Å². The van der Waals surface area contributed by atoms with Gasteiger partial charge in [0.1, 0.15) is 0 Å². The Labute approximate surface area is 128 Å². The average molecular weight is 310 g/mol. The smallest absolute Gasteiger partial charge is 0.243 e. The van der Waals surface area contributed by atoms with Gasteiger partial charge in [0.15, 0.2) is 0 Å². The van der Waals surface area contributed by atoms with Gasteiger partial charge in [-0.05, 0) is 43.5 Å². The normalized spacial score (nSPS) is 20.6. The van der Waals surface area contributed by atoms with E-state index in [1.165, 1.54) is 0 Å². The number of piperidine rings is 1. The summed E-state index contributed by atoms with van der Waals surface area (Å²) in [5.74, 6) is 0. The number of rotatable bonds is 6. The number of hydrogen-bond donors (Lipinski definition) is 1. The lowest BCUT2D eigenvalue weighted by atomic mass is 10.0. The van der Waals surface area contributed by atoms with E-state index in [0.717, 1.165) is 44.3 Å². The summed E-state index contributed by atoms with van der Waals surface area (Å²) in [6.07, 6.45) is 3.96. The van der Waals surface area contributed by atoms with Crippen LogP contribution in [0, 0.1) is 0 Å². The van der Waals surface area contributed by atoms with Crippen LogP contribution in [0.1, 0.15) is 45.1 Å². The standard InChI is InChI=1S/C16H26N2O2S/c1-3-15-7-5-6-12-18(15)21(19,20)16-10-8-14(9-11-16)13-17-4-2/h8-11,15,17H,3-7,12-13H2,1-2H3. The van der Waals surface area contributed by atoms with E-state index < -0.39 is 10.0 Å². The molecule has 21 heavy (non-hydrogen) atoms. The first kappa shape index (κ1) is 16.5. The Morgan fingerprint density at radius 2 is 1.90 bits per heavy atom. The van der Waals surface area contributed by atoms with E-state index in [0.29, 0.717) is 11.4 Å². The molecule has 0 spiro atoms. The molecule has 1 saturated heterocycles. The first-order chi connectivity index (χ1) is 10.1. The van der Waals surface area contributed by atoms with Gasteiger partial charge >= 0.3 is 0 Å². The molecule has 1 aliphatic rings. The highest BCUT2D eigenvalue weighted by atomic mass is 32.2. The first-order valence-electron chi connectivity index (χ1n) is 7.91. The molecule has 0 saturated carbocycles. The molecule has 5 heteroatoms. The van der Waals surface area contributed by atoms with Gasteiger partial charge in [0.05, 0.1) is 4.90 Å². The van der Waals surface area contributed by atoms with Crippen LogP contribution in [-0.2, 0) is 16.6 Å². The fourth-order valence-corrected chi connectivity index (χ4v) is 4.65. The molecule has 1 fully saturated rings. The Hall–Kier alpha value is -0.910. The second-order valence-electron chi connectivity index (χ2n) is 5.60. The molecule has 1 aliphatic heterocycles. The Morgan fingerprint density at radius 3 is 2.52 bits per heavy atom. The monoisotopic (exact) mass is 310 g/mol. The van der Waals surface area contributed by atoms with E-state index in [9.17, 15) is 8.42 Å². The molecule has 0 amide bonds. The molecule has 1 aromatic carbocycles. The van der Waals surface area contributed by atoms with Crippen molar-refractivity contribution < 1.29 is 8.42 Å². The van der Waals surface area contributed by atoms with Gasteiger partial charge in [-0.25, -0.2) is 8.42 Å². The van der Waals surface area contributed by atoms with Crippen molar-refractivity contribution in [3.8, 4) is 0 Å². The zero-order valence-corrected chi connectivity index (χ0v) is 13.8. The van der Waals surface area contributed by atoms with Crippen molar-refractivity contribution in [2.24, 2.45) is 0 Å². The predicted molar refractivity (Wildman–Crippen MR) is 85.6 cm³/mol. The largest absolute Gasteiger partial charge is 0.313 e. The fraction of sp³-hybridized carbons (Fsp3) is 0.625. The van der Waals surface area contributed by atoms with E-state index in [-0.39, 0.29) is 6.04 Å². The third-order valence-corrected chi connectivity index (χ3v) is 6.12. The molecule has 1 heterocycles. The summed E-state index contributed by atoms with van der Waals surface area (Å²) in [7, 11) is -3.35. The first-order valence-corrected chi connectivity index (χ1v) is 9.35. The van der Waals surface area contributed by atoms with Gasteiger partial charge in [-0.1, -0.05) is 32.4 Å². The van der Waals surface area contributed by atoms with Gasteiger partial charge in [0, 0.05) is 19.1 Å². The summed E-state index contributed by atoms with van der Waals surface area (Å²) >= 11 is 0. The lowest BCUT2D eigenvalue weighted by Crippen LogP contribution is -2.43. The van der Waals surface area contributed by atoms with Crippen molar-refractivity contribution in [2.45, 2.75) is 57.0 Å². The SMILES string of the molecule is CCNCc1ccc(S(=O)(=O)N2CCCCC2CC)cc1. The Morgan fingerprint density at radius 1 is 1.19 bits per heavy atom. The van der Waals surface area contributed by atoms with Crippen LogP contribution in [0.15, 0.2) is 29.2 Å². The topological polar surface area (TPSA) is 49.4 Å². The Balaban J connectivity index is 2.18. The van der Waals surface area contributed by atoms with Crippen LogP contribution >= 0.6 is 0 Å². The second kappa shape index (κ2) is 7.38. The molecule has 2 rings (SSSR count). The third kappa shape index (κ3) is 3.84. The molecule has 0 aromatic heterocycles. The number of benzene rings is 1. The van der Waals surface area contributed by atoms with Crippen LogP contribution in [0.25, 0.3) is 0 Å². The van der Waals surface area contributed by atoms with Gasteiger partial charge < -0.3 is 5.32 Å². The number of nitrogens with zero attached hydrogens (tertiary/aromatic N) is 1. The molecule has 1 atom stereocenters. The van der Waals surface area contributed by atoms with Crippen LogP contribution < -0.4 is 5.32 Å². The van der Waals surface area contributed by atoms with Crippen LogP contribution in [0.3, 0.4) is 0 Å². The molecule has 118 valence electrons. The quantitative estimate of drug-likeness (QED) is 0.879. The van der Waals surface area contributed by atoms with Gasteiger partial charge in [-0.15, -0.1) is 0 Å². The van der Waals surface area contributed by atoms with Crippen molar-refractivity contribution in [3.63, 3.8) is 0 Å². The van der Waals surface area contributed by atoms with Gasteiger partial charge in [0.2, 0.25) is 10.0 Å². The van der Waals surface area contributed by atoms with Crippen LogP contribution in [-0.4, -0.2) is 31.9 Å². The number of sulfonamides is 1. The fourth-order valence-electron chi connectivity index (χ4n) is 2.88. The highest BCUT2D eigenvalue weighted by molar-refractivity contribution is 7.89. The lowest BCUT2D eigenvalue weighted by molar-refractivity contribution is 0.246. The van der Waals surface area contributed by atoms with E-state index in [1.54, 1.807) is 16.4 Å². The molecule has 0 aliphatic carbocycles. The van der Waals surface area contributed by atoms with Crippen molar-refractivity contribution in [1.29, 1.82) is 0 Å². The lowest BCUT2D eigenvalue weighted by Gasteiger charge is -2.34. The van der Waals surface area contributed by atoms with Crippen LogP contribution in [0.5, 0.6) is 0 Å². The molecular weight excluding hydrogens is 284 g/mol. The summed E-state index contributed by atoms with van der Waals surface area (Å²) in [5, 5.41) is 3.24. The zero-order valence-electron chi connectivity index (χ0n) is 13.0. The van der Waals surface area contributed by atoms with Crippen molar-refractivity contribution in [2.75, 3.05) is 13.1 Å². The van der Waals surface area contributed by atoms with Gasteiger partial charge in [-0.2, -0.15) is 4.31 Å². The minimum atomic E-state index is -3.35. The van der Waals surface area contributed by atoms with Crippen molar-refractivity contribution in [3.05, 3.63) is 29.8 Å². The minimum Gasteiger partial charge on any atom is -0.313 e. The van der Waals surface area contributed by atoms with Crippen LogP contribution in [0.4, 0.5) is 0 Å². The summed E-state index contributed by atoms with van der Waals surface area (Å²) in [4.78, 5) is 0.420. The van der Waals surface area contributed by atoms with Crippen molar-refractivity contribution >= 4 is 10.0 Å². The number of hydrogen-bond acceptors (Lipinski definition) is 3. The highest BCUT2D eigenvalue weighted by Gasteiger charge is 2.32. The molecule has 0 bridgehead atoms. The van der Waals surface area contributed by atoms with E-state index in [1.807, 2.05) is 12.1 Å². The van der Waals surface area contributed by atoms with Gasteiger partial charge in [0.25, 0.3) is 0 Å². The zero-order chi connectivity index (χ0) is 15.3. The predicted octanol–water partition coefficient (Wildman–Crippen LogP) is 2.75. The maximum absolute atomic E-state index is 12.8. The maximum Gasteiger partial charge on any atom is 0.243 e. The molecule has 1 N–H and O–H groups in total. The Bertz CT molecular complexity index is 540. The summed E-state index contributed by atoms with van der Waals surface area (Å²) in [6.45, 7) is 6.46. The summed E-state index contributed by atoms with van der Waals surface area (Å²) in [6, 6.07) is 7.44. The van der Waals surface area contributed by atoms with Crippen LogP contribution in [0.2, 0.25) is 0 Å². The summed E-state index contributed by atoms with van der Waals surface area (Å²) in [5.41, 5.74) is 1.11. The van der Waals surface area contributed by atoms with Crippen molar-refractivity contribution in [1.82, 2.24) is 9.62 Å². The molecule has 1 unspecified atom stereocenters. The minimum absolute atomic E-state index is 0.158. The number of nitrogens with one attached hydrogen (secondary N) is 1. The highest BCUT2D eigenvalue weighted by Crippen LogP contribution is 2.27. The molecular formula is C16H26N2O2S. The third-order valence-electron chi connectivity index (χ3n) is 4.15. The second-order valence-corrected chi connectivity index (χ2v) is 7.49. The average Bonchev–Trinajstić information content (AvgIpc) is 2.53. The van der Waals surface area contributed by atoms with Gasteiger partial charge in [-0.3, -0.25) is 0 Å². The van der Waals surface area contributed by atoms with E-state index >= 15 is 0 Å². The molecule has 4 nitrogen and oxygen atoms in total. The van der Waals surface area contributed by atoms with E-state index in [2.05, 4.69) is 19.2 Å². The summed E-state index contributed by atoms with van der Waals surface area (Å²) < 4.78 is 27.3. The molecule has 0 radical (unpaired) electrons. The maximum atomic E-state index is 12.8.